The Hall–Kier alpha value is -2.94. The van der Waals surface area contributed by atoms with E-state index in [2.05, 4.69) is 0 Å². The summed E-state index contributed by atoms with van der Waals surface area (Å²) in [5.74, 6) is 1.51. The van der Waals surface area contributed by atoms with Crippen LogP contribution in [0.5, 0.6) is 11.5 Å². The van der Waals surface area contributed by atoms with Crippen LogP contribution in [-0.4, -0.2) is 63.7 Å². The Bertz CT molecular complexity index is 1080. The minimum Gasteiger partial charge on any atom is -0.497 e. The van der Waals surface area contributed by atoms with Gasteiger partial charge in [-0.3, -0.25) is 0 Å². The molecule has 1 N–H and O–H groups in total. The van der Waals surface area contributed by atoms with Crippen molar-refractivity contribution in [2.45, 2.75) is 49.5 Å². The van der Waals surface area contributed by atoms with Crippen molar-refractivity contribution in [3.63, 3.8) is 0 Å². The molecule has 0 aromatic heterocycles. The van der Waals surface area contributed by atoms with Crippen LogP contribution in [0.3, 0.4) is 0 Å². The predicted molar refractivity (Wildman–Crippen MR) is 142 cm³/mol. The van der Waals surface area contributed by atoms with Crippen molar-refractivity contribution in [3.8, 4) is 11.5 Å². The largest absolute Gasteiger partial charge is 0.497 e. The predicted octanol–water partition coefficient (Wildman–Crippen LogP) is 4.68. The number of methoxy groups -OCH3 is 2. The molecule has 0 aliphatic carbocycles. The van der Waals surface area contributed by atoms with E-state index >= 15 is 0 Å². The van der Waals surface area contributed by atoms with Crippen molar-refractivity contribution < 1.29 is 33.5 Å². The second-order valence-corrected chi connectivity index (χ2v) is 9.65. The van der Waals surface area contributed by atoms with E-state index in [1.165, 1.54) is 0 Å². The maximum atomic E-state index is 11.1. The summed E-state index contributed by atoms with van der Waals surface area (Å²) in [6, 6.07) is 25.8. The first-order chi connectivity index (χ1) is 18.6. The van der Waals surface area contributed by atoms with E-state index in [1.54, 1.807) is 14.2 Å². The summed E-state index contributed by atoms with van der Waals surface area (Å²) in [6.07, 6.45) is 0.788. The number of aliphatic hydroxyl groups excluding tert-OH is 1. The lowest BCUT2D eigenvalue weighted by atomic mass is 9.80. The lowest BCUT2D eigenvalue weighted by molar-refractivity contribution is -0.200. The van der Waals surface area contributed by atoms with Crippen LogP contribution < -0.4 is 9.47 Å². The van der Waals surface area contributed by atoms with E-state index in [0.717, 1.165) is 47.5 Å². The minimum absolute atomic E-state index is 0.152. The van der Waals surface area contributed by atoms with Crippen molar-refractivity contribution in [1.29, 1.82) is 0 Å². The molecule has 38 heavy (non-hydrogen) atoms. The van der Waals surface area contributed by atoms with Gasteiger partial charge in [-0.25, -0.2) is 0 Å². The Morgan fingerprint density at radius 1 is 0.789 bits per heavy atom. The molecule has 4 atom stereocenters. The summed E-state index contributed by atoms with van der Waals surface area (Å²) < 4.78 is 35.5. The van der Waals surface area contributed by atoms with Crippen LogP contribution in [-0.2, 0) is 24.5 Å². The van der Waals surface area contributed by atoms with Gasteiger partial charge < -0.3 is 33.5 Å². The number of hydrogen-bond acceptors (Lipinski definition) is 7. The van der Waals surface area contributed by atoms with Crippen LogP contribution >= 0.6 is 0 Å². The second kappa shape index (κ2) is 12.3. The summed E-state index contributed by atoms with van der Waals surface area (Å²) in [4.78, 5) is 0. The molecular formula is C31H36O7. The van der Waals surface area contributed by atoms with Crippen LogP contribution in [0.1, 0.15) is 36.0 Å². The lowest BCUT2D eigenvalue weighted by Gasteiger charge is -2.37. The molecule has 0 bridgehead atoms. The van der Waals surface area contributed by atoms with Gasteiger partial charge in [-0.2, -0.15) is 0 Å². The SMILES string of the molecule is COc1ccc(C(OC[C@H]2OC[C@H](OC3CCCCO3)[C@@H]2O)(c2ccccc2)c2ccc(OC)cc2)cc1. The highest BCUT2D eigenvalue weighted by Gasteiger charge is 2.43. The van der Waals surface area contributed by atoms with E-state index in [0.29, 0.717) is 13.2 Å². The maximum absolute atomic E-state index is 11.1. The van der Waals surface area contributed by atoms with Gasteiger partial charge in [0, 0.05) is 6.61 Å². The van der Waals surface area contributed by atoms with E-state index < -0.39 is 23.9 Å². The van der Waals surface area contributed by atoms with Gasteiger partial charge in [0.25, 0.3) is 0 Å². The number of benzene rings is 3. The second-order valence-electron chi connectivity index (χ2n) is 9.65. The Morgan fingerprint density at radius 3 is 1.95 bits per heavy atom. The fourth-order valence-electron chi connectivity index (χ4n) is 5.22. The molecule has 3 aromatic carbocycles. The quantitative estimate of drug-likeness (QED) is 0.389. The molecule has 0 spiro atoms. The molecule has 7 heteroatoms. The number of aliphatic hydroxyl groups is 1. The Morgan fingerprint density at radius 2 is 1.39 bits per heavy atom. The topological polar surface area (TPSA) is 75.6 Å². The zero-order valence-corrected chi connectivity index (χ0v) is 22.0. The summed E-state index contributed by atoms with van der Waals surface area (Å²) in [6.45, 7) is 1.13. The Balaban J connectivity index is 1.46. The van der Waals surface area contributed by atoms with Crippen LogP contribution in [0.15, 0.2) is 78.9 Å². The van der Waals surface area contributed by atoms with Crippen LogP contribution in [0, 0.1) is 0 Å². The summed E-state index contributed by atoms with van der Waals surface area (Å²) in [7, 11) is 3.30. The molecule has 1 unspecified atom stereocenters. The standard InChI is InChI=1S/C31H36O7/c1-33-25-15-11-23(12-16-25)31(22-8-4-3-5-9-22,24-13-17-26(34-2)18-14-24)37-21-27-30(32)28(20-36-27)38-29-10-6-7-19-35-29/h3-5,8-9,11-18,27-30,32H,6-7,10,19-21H2,1-2H3/t27-,28+,29?,30-/m1/s1. The third kappa shape index (κ3) is 5.58. The highest BCUT2D eigenvalue weighted by atomic mass is 16.7. The van der Waals surface area contributed by atoms with Crippen LogP contribution in [0.25, 0.3) is 0 Å². The minimum atomic E-state index is -0.978. The number of rotatable bonds is 10. The molecule has 202 valence electrons. The molecule has 5 rings (SSSR count). The van der Waals surface area contributed by atoms with Crippen molar-refractivity contribution in [2.24, 2.45) is 0 Å². The molecule has 2 aliphatic heterocycles. The fourth-order valence-corrected chi connectivity index (χ4v) is 5.22. The maximum Gasteiger partial charge on any atom is 0.158 e. The molecule has 2 fully saturated rings. The average Bonchev–Trinajstić information content (AvgIpc) is 3.33. The first-order valence-corrected chi connectivity index (χ1v) is 13.2. The molecule has 7 nitrogen and oxygen atoms in total. The summed E-state index contributed by atoms with van der Waals surface area (Å²) in [5, 5.41) is 11.1. The molecular weight excluding hydrogens is 484 g/mol. The van der Waals surface area contributed by atoms with Gasteiger partial charge in [0.1, 0.15) is 35.4 Å². The first kappa shape index (κ1) is 26.7. The molecule has 3 aromatic rings. The summed E-state index contributed by atoms with van der Waals surface area (Å²) >= 11 is 0. The zero-order valence-electron chi connectivity index (χ0n) is 22.0. The highest BCUT2D eigenvalue weighted by molar-refractivity contribution is 5.49. The van der Waals surface area contributed by atoms with Crippen LogP contribution in [0.2, 0.25) is 0 Å². The van der Waals surface area contributed by atoms with E-state index in [4.69, 9.17) is 28.4 Å². The molecule has 0 radical (unpaired) electrons. The van der Waals surface area contributed by atoms with E-state index in [-0.39, 0.29) is 12.9 Å². The van der Waals surface area contributed by atoms with Gasteiger partial charge in [0.2, 0.25) is 0 Å². The monoisotopic (exact) mass is 520 g/mol. The van der Waals surface area contributed by atoms with Gasteiger partial charge in [-0.1, -0.05) is 54.6 Å². The van der Waals surface area contributed by atoms with Gasteiger partial charge in [-0.05, 0) is 60.2 Å². The lowest BCUT2D eigenvalue weighted by Crippen LogP contribution is -2.41. The number of hydrogen-bond donors (Lipinski definition) is 1. The van der Waals surface area contributed by atoms with Gasteiger partial charge in [0.05, 0.1) is 27.4 Å². The molecule has 0 amide bonds. The summed E-state index contributed by atoms with van der Waals surface area (Å²) in [5.41, 5.74) is 1.82. The molecule has 2 aliphatic rings. The highest BCUT2D eigenvalue weighted by Crippen LogP contribution is 2.42. The average molecular weight is 521 g/mol. The molecule has 2 heterocycles. The van der Waals surface area contributed by atoms with Crippen LogP contribution in [0.4, 0.5) is 0 Å². The third-order valence-corrected chi connectivity index (χ3v) is 7.34. The van der Waals surface area contributed by atoms with Gasteiger partial charge in [0.15, 0.2) is 6.29 Å². The van der Waals surface area contributed by atoms with Gasteiger partial charge in [-0.15, -0.1) is 0 Å². The Labute approximate surface area is 224 Å². The van der Waals surface area contributed by atoms with Crippen molar-refractivity contribution in [3.05, 3.63) is 95.6 Å². The zero-order chi connectivity index (χ0) is 26.4. The van der Waals surface area contributed by atoms with E-state index in [9.17, 15) is 5.11 Å². The van der Waals surface area contributed by atoms with Gasteiger partial charge >= 0.3 is 0 Å². The molecule has 0 saturated carbocycles. The Kier molecular flexibility index (Phi) is 8.61. The third-order valence-electron chi connectivity index (χ3n) is 7.34. The normalized spacial score (nSPS) is 23.8. The smallest absolute Gasteiger partial charge is 0.158 e. The van der Waals surface area contributed by atoms with E-state index in [1.807, 2.05) is 78.9 Å². The van der Waals surface area contributed by atoms with Crippen molar-refractivity contribution >= 4 is 0 Å². The number of ether oxygens (including phenoxy) is 6. The van der Waals surface area contributed by atoms with Crippen molar-refractivity contribution in [2.75, 3.05) is 34.0 Å². The first-order valence-electron chi connectivity index (χ1n) is 13.2. The fraction of sp³-hybridized carbons (Fsp3) is 0.419. The molecule has 2 saturated heterocycles. The van der Waals surface area contributed by atoms with Crippen molar-refractivity contribution in [1.82, 2.24) is 0 Å².